The van der Waals surface area contributed by atoms with Gasteiger partial charge in [0.1, 0.15) is 11.6 Å². The van der Waals surface area contributed by atoms with Crippen LogP contribution in [0.2, 0.25) is 0 Å². The van der Waals surface area contributed by atoms with Gasteiger partial charge in [0.2, 0.25) is 0 Å². The van der Waals surface area contributed by atoms with Crippen LogP contribution in [0.15, 0.2) is 18.3 Å². The average Bonchev–Trinajstić information content (AvgIpc) is 2.25. The molecule has 2 N–H and O–H groups in total. The Hall–Kier alpha value is -1.16. The second-order valence-corrected chi connectivity index (χ2v) is 3.96. The molecule has 2 unspecified atom stereocenters. The summed E-state index contributed by atoms with van der Waals surface area (Å²) in [6.45, 7) is 0. The molecule has 1 aromatic heterocycles. The molecular formula is C11H15FN2O. The number of nitrogens with zero attached hydrogens (tertiary/aromatic N) is 1. The van der Waals surface area contributed by atoms with Crippen LogP contribution in [0, 0.1) is 5.82 Å². The molecule has 2 rings (SSSR count). The van der Waals surface area contributed by atoms with Crippen LogP contribution in [0.4, 0.5) is 10.2 Å². The molecule has 1 aliphatic carbocycles. The summed E-state index contributed by atoms with van der Waals surface area (Å²) in [5, 5.41) is 12.9. The molecule has 1 heterocycles. The Bertz CT molecular complexity index is 315. The van der Waals surface area contributed by atoms with Crippen LogP contribution in [0.1, 0.15) is 25.7 Å². The number of aliphatic hydroxyl groups is 1. The van der Waals surface area contributed by atoms with Gasteiger partial charge in [0.25, 0.3) is 0 Å². The van der Waals surface area contributed by atoms with E-state index in [2.05, 4.69) is 10.3 Å². The molecule has 0 saturated heterocycles. The van der Waals surface area contributed by atoms with Crippen molar-refractivity contribution in [2.45, 2.75) is 37.8 Å². The molecule has 1 aromatic rings. The van der Waals surface area contributed by atoms with Crippen LogP contribution in [0.5, 0.6) is 0 Å². The van der Waals surface area contributed by atoms with Crippen LogP contribution in [0.3, 0.4) is 0 Å². The Labute approximate surface area is 88.3 Å². The van der Waals surface area contributed by atoms with Gasteiger partial charge in [0.05, 0.1) is 18.3 Å². The summed E-state index contributed by atoms with van der Waals surface area (Å²) in [6.07, 6.45) is 4.84. The van der Waals surface area contributed by atoms with Gasteiger partial charge in [-0.3, -0.25) is 0 Å². The highest BCUT2D eigenvalue weighted by Gasteiger charge is 2.22. The van der Waals surface area contributed by atoms with E-state index in [1.54, 1.807) is 6.07 Å². The Morgan fingerprint density at radius 3 is 2.80 bits per heavy atom. The van der Waals surface area contributed by atoms with Crippen molar-refractivity contribution in [3.8, 4) is 0 Å². The summed E-state index contributed by atoms with van der Waals surface area (Å²) in [5.74, 6) is 0.284. The maximum absolute atomic E-state index is 12.6. The van der Waals surface area contributed by atoms with Gasteiger partial charge < -0.3 is 10.4 Å². The van der Waals surface area contributed by atoms with E-state index in [1.807, 2.05) is 0 Å². The van der Waals surface area contributed by atoms with E-state index in [4.69, 9.17) is 0 Å². The minimum atomic E-state index is -0.343. The number of halogens is 1. The number of hydrogen-bond donors (Lipinski definition) is 2. The van der Waals surface area contributed by atoms with Gasteiger partial charge in [-0.15, -0.1) is 0 Å². The molecule has 15 heavy (non-hydrogen) atoms. The summed E-state index contributed by atoms with van der Waals surface area (Å²) in [7, 11) is 0. The van der Waals surface area contributed by atoms with Gasteiger partial charge in [-0.2, -0.15) is 0 Å². The zero-order valence-corrected chi connectivity index (χ0v) is 8.49. The lowest BCUT2D eigenvalue weighted by Crippen LogP contribution is -2.36. The maximum atomic E-state index is 12.6. The maximum Gasteiger partial charge on any atom is 0.141 e. The lowest BCUT2D eigenvalue weighted by Gasteiger charge is -2.28. The zero-order valence-electron chi connectivity index (χ0n) is 8.49. The van der Waals surface area contributed by atoms with Gasteiger partial charge in [0, 0.05) is 0 Å². The summed E-state index contributed by atoms with van der Waals surface area (Å²) >= 11 is 0. The number of rotatable bonds is 2. The summed E-state index contributed by atoms with van der Waals surface area (Å²) in [5.41, 5.74) is 0. The molecule has 82 valence electrons. The van der Waals surface area contributed by atoms with E-state index >= 15 is 0 Å². The summed E-state index contributed by atoms with van der Waals surface area (Å²) in [4.78, 5) is 3.91. The van der Waals surface area contributed by atoms with Crippen molar-refractivity contribution in [2.24, 2.45) is 0 Å². The number of aromatic nitrogens is 1. The molecule has 0 amide bonds. The predicted molar refractivity (Wildman–Crippen MR) is 56.1 cm³/mol. The highest BCUT2D eigenvalue weighted by molar-refractivity contribution is 5.35. The van der Waals surface area contributed by atoms with Gasteiger partial charge in [-0.1, -0.05) is 12.8 Å². The highest BCUT2D eigenvalue weighted by atomic mass is 19.1. The average molecular weight is 210 g/mol. The standard InChI is InChI=1S/C11H15FN2O/c12-8-5-6-11(13-7-8)14-9-3-1-2-4-10(9)15/h5-7,9-10,15H,1-4H2,(H,13,14). The Balaban J connectivity index is 1.98. The van der Waals surface area contributed by atoms with Crippen LogP contribution in [-0.4, -0.2) is 22.2 Å². The molecule has 2 atom stereocenters. The minimum absolute atomic E-state index is 0.0525. The first-order valence-corrected chi connectivity index (χ1v) is 5.32. The van der Waals surface area contributed by atoms with Crippen molar-refractivity contribution in [1.29, 1.82) is 0 Å². The number of anilines is 1. The van der Waals surface area contributed by atoms with Gasteiger partial charge in [-0.05, 0) is 25.0 Å². The van der Waals surface area contributed by atoms with Crippen molar-refractivity contribution in [3.63, 3.8) is 0 Å². The first-order valence-electron chi connectivity index (χ1n) is 5.32. The Morgan fingerprint density at radius 2 is 2.13 bits per heavy atom. The smallest absolute Gasteiger partial charge is 0.141 e. The van der Waals surface area contributed by atoms with Gasteiger partial charge in [0.15, 0.2) is 0 Å². The third-order valence-electron chi connectivity index (χ3n) is 2.79. The third kappa shape index (κ3) is 2.65. The predicted octanol–water partition coefficient (Wildman–Crippen LogP) is 1.94. The first-order chi connectivity index (χ1) is 7.25. The Kier molecular flexibility index (Phi) is 3.16. The molecule has 1 aliphatic rings. The van der Waals surface area contributed by atoms with Crippen molar-refractivity contribution in [2.75, 3.05) is 5.32 Å². The topological polar surface area (TPSA) is 45.1 Å². The molecule has 0 aromatic carbocycles. The molecular weight excluding hydrogens is 195 g/mol. The fourth-order valence-electron chi connectivity index (χ4n) is 1.93. The largest absolute Gasteiger partial charge is 0.391 e. The molecule has 0 spiro atoms. The van der Waals surface area contributed by atoms with Crippen LogP contribution < -0.4 is 5.32 Å². The van der Waals surface area contributed by atoms with Crippen LogP contribution in [-0.2, 0) is 0 Å². The fraction of sp³-hybridized carbons (Fsp3) is 0.545. The van der Waals surface area contributed by atoms with Crippen molar-refractivity contribution < 1.29 is 9.50 Å². The normalized spacial score (nSPS) is 26.3. The van der Waals surface area contributed by atoms with Gasteiger partial charge in [-0.25, -0.2) is 9.37 Å². The number of aliphatic hydroxyl groups excluding tert-OH is 1. The zero-order chi connectivity index (χ0) is 10.7. The molecule has 1 fully saturated rings. The molecule has 4 heteroatoms. The van der Waals surface area contributed by atoms with E-state index in [0.717, 1.165) is 25.7 Å². The number of hydrogen-bond acceptors (Lipinski definition) is 3. The van der Waals surface area contributed by atoms with E-state index in [1.165, 1.54) is 12.3 Å². The second kappa shape index (κ2) is 4.57. The fourth-order valence-corrected chi connectivity index (χ4v) is 1.93. The van der Waals surface area contributed by atoms with Gasteiger partial charge >= 0.3 is 0 Å². The number of nitrogens with one attached hydrogen (secondary N) is 1. The highest BCUT2D eigenvalue weighted by Crippen LogP contribution is 2.21. The second-order valence-electron chi connectivity index (χ2n) is 3.96. The van der Waals surface area contributed by atoms with E-state index < -0.39 is 0 Å². The number of pyridine rings is 1. The quantitative estimate of drug-likeness (QED) is 0.784. The third-order valence-corrected chi connectivity index (χ3v) is 2.79. The summed E-state index contributed by atoms with van der Waals surface area (Å²) in [6, 6.07) is 3.01. The Morgan fingerprint density at radius 1 is 1.33 bits per heavy atom. The van der Waals surface area contributed by atoms with E-state index in [0.29, 0.717) is 5.82 Å². The van der Waals surface area contributed by atoms with Crippen LogP contribution in [0.25, 0.3) is 0 Å². The van der Waals surface area contributed by atoms with E-state index in [-0.39, 0.29) is 18.0 Å². The summed E-state index contributed by atoms with van der Waals surface area (Å²) < 4.78 is 12.6. The van der Waals surface area contributed by atoms with Crippen molar-refractivity contribution >= 4 is 5.82 Å². The molecule has 3 nitrogen and oxygen atoms in total. The van der Waals surface area contributed by atoms with Crippen molar-refractivity contribution in [1.82, 2.24) is 4.98 Å². The first kappa shape index (κ1) is 10.4. The van der Waals surface area contributed by atoms with Crippen molar-refractivity contribution in [3.05, 3.63) is 24.1 Å². The monoisotopic (exact) mass is 210 g/mol. The van der Waals surface area contributed by atoms with Crippen LogP contribution >= 0.6 is 0 Å². The lowest BCUT2D eigenvalue weighted by molar-refractivity contribution is 0.116. The molecule has 0 radical (unpaired) electrons. The minimum Gasteiger partial charge on any atom is -0.391 e. The molecule has 1 saturated carbocycles. The lowest BCUT2D eigenvalue weighted by atomic mass is 9.92. The molecule has 0 aliphatic heterocycles. The molecule has 0 bridgehead atoms. The SMILES string of the molecule is OC1CCCCC1Nc1ccc(F)cn1. The van der Waals surface area contributed by atoms with E-state index in [9.17, 15) is 9.50 Å².